The lowest BCUT2D eigenvalue weighted by Crippen LogP contribution is -2.26. The molecule has 0 atom stereocenters. The number of hydrogen-bond donors (Lipinski definition) is 0. The van der Waals surface area contributed by atoms with Crippen LogP contribution in [0.2, 0.25) is 0 Å². The number of carbonyl (C=O) groups is 1. The van der Waals surface area contributed by atoms with Crippen molar-refractivity contribution >= 4 is 46.0 Å². The van der Waals surface area contributed by atoms with Gasteiger partial charge in [-0.3, -0.25) is 9.69 Å². The zero-order valence-corrected chi connectivity index (χ0v) is 23.4. The van der Waals surface area contributed by atoms with Crippen molar-refractivity contribution in [2.24, 2.45) is 0 Å². The molecule has 196 valence electrons. The number of nitrogens with zero attached hydrogens (tertiary/aromatic N) is 3. The summed E-state index contributed by atoms with van der Waals surface area (Å²) in [6.07, 6.45) is 1.96. The first-order valence-electron chi connectivity index (χ1n) is 12.9. The first-order chi connectivity index (χ1) is 19.6. The molecule has 2 heterocycles. The van der Waals surface area contributed by atoms with E-state index < -0.39 is 0 Å². The van der Waals surface area contributed by atoms with Crippen LogP contribution in [0, 0.1) is 0 Å². The van der Waals surface area contributed by atoms with Crippen molar-refractivity contribution in [2.75, 3.05) is 11.5 Å². The monoisotopic (exact) mass is 559 g/mol. The minimum atomic E-state index is -0.116. The largest absolute Gasteiger partial charge is 0.494 e. The number of anilines is 1. The summed E-state index contributed by atoms with van der Waals surface area (Å²) in [6.45, 7) is 2.52. The number of ether oxygens (including phenoxy) is 1. The number of aromatic nitrogens is 2. The number of hydrogen-bond acceptors (Lipinski definition) is 5. The quantitative estimate of drug-likeness (QED) is 0.148. The molecule has 0 spiro atoms. The minimum Gasteiger partial charge on any atom is -0.494 e. The molecule has 5 aromatic rings. The van der Waals surface area contributed by atoms with Crippen LogP contribution < -0.4 is 9.64 Å². The topological polar surface area (TPSA) is 47.4 Å². The van der Waals surface area contributed by atoms with Gasteiger partial charge in [0.15, 0.2) is 0 Å². The SMILES string of the molecule is CCOc1ccc(N2C(=O)S/C(=C\c3ccc(-n4nc(-c5ccccc5)cc4-c4ccccc4)cc3)C2=S)cc1. The molecule has 5 nitrogen and oxygen atoms in total. The highest BCUT2D eigenvalue weighted by Crippen LogP contribution is 2.37. The van der Waals surface area contributed by atoms with Gasteiger partial charge in [-0.2, -0.15) is 5.10 Å². The molecule has 4 aromatic carbocycles. The van der Waals surface area contributed by atoms with Gasteiger partial charge in [0, 0.05) is 11.1 Å². The summed E-state index contributed by atoms with van der Waals surface area (Å²) in [5.41, 5.74) is 6.69. The van der Waals surface area contributed by atoms with Gasteiger partial charge in [-0.05, 0) is 72.8 Å². The zero-order valence-electron chi connectivity index (χ0n) is 21.7. The van der Waals surface area contributed by atoms with E-state index in [9.17, 15) is 4.79 Å². The number of thiocarbonyl (C=S) groups is 1. The third-order valence-corrected chi connectivity index (χ3v) is 7.90. The summed E-state index contributed by atoms with van der Waals surface area (Å²) in [6, 6.07) is 38.1. The maximum absolute atomic E-state index is 12.8. The van der Waals surface area contributed by atoms with Crippen LogP contribution >= 0.6 is 24.0 Å². The standard InChI is InChI=1S/C33H25N3O2S2/c1-2-38-28-19-17-26(18-20-28)35-32(39)31(40-33(35)37)21-23-13-15-27(16-14-23)36-30(25-11-7-4-8-12-25)22-29(34-36)24-9-5-3-6-10-24/h3-22H,2H2,1H3/b31-21-. The van der Waals surface area contributed by atoms with Crippen molar-refractivity contribution in [3.63, 3.8) is 0 Å². The molecule has 0 bridgehead atoms. The molecule has 1 fully saturated rings. The predicted octanol–water partition coefficient (Wildman–Crippen LogP) is 8.65. The Hall–Kier alpha value is -4.46. The Morgan fingerprint density at radius 2 is 1.45 bits per heavy atom. The van der Waals surface area contributed by atoms with Crippen LogP contribution in [0.1, 0.15) is 12.5 Å². The highest BCUT2D eigenvalue weighted by molar-refractivity contribution is 8.20. The Labute approximate surface area is 242 Å². The van der Waals surface area contributed by atoms with E-state index in [0.29, 0.717) is 11.6 Å². The van der Waals surface area contributed by atoms with Crippen molar-refractivity contribution in [3.8, 4) is 34.0 Å². The number of thioether (sulfide) groups is 1. The molecule has 0 unspecified atom stereocenters. The lowest BCUT2D eigenvalue weighted by molar-refractivity contribution is 0.268. The number of amides is 1. The first-order valence-corrected chi connectivity index (χ1v) is 14.2. The molecule has 1 aromatic heterocycles. The highest BCUT2D eigenvalue weighted by Gasteiger charge is 2.33. The van der Waals surface area contributed by atoms with Crippen LogP contribution in [0.4, 0.5) is 10.5 Å². The average molecular weight is 560 g/mol. The molecule has 0 saturated carbocycles. The van der Waals surface area contributed by atoms with Crippen LogP contribution in [0.3, 0.4) is 0 Å². The molecule has 1 saturated heterocycles. The van der Waals surface area contributed by atoms with E-state index in [-0.39, 0.29) is 5.24 Å². The molecular weight excluding hydrogens is 535 g/mol. The average Bonchev–Trinajstić information content (AvgIpc) is 3.56. The summed E-state index contributed by atoms with van der Waals surface area (Å²) in [5, 5.41) is 4.84. The Morgan fingerprint density at radius 1 is 0.825 bits per heavy atom. The molecule has 6 rings (SSSR count). The molecular formula is C33H25N3O2S2. The molecule has 40 heavy (non-hydrogen) atoms. The molecule has 7 heteroatoms. The molecule has 0 aliphatic carbocycles. The van der Waals surface area contributed by atoms with Gasteiger partial charge in [-0.1, -0.05) is 85.0 Å². The van der Waals surface area contributed by atoms with E-state index in [2.05, 4.69) is 30.3 Å². The molecule has 0 radical (unpaired) electrons. The fourth-order valence-corrected chi connectivity index (χ4v) is 5.83. The van der Waals surface area contributed by atoms with Gasteiger partial charge in [0.25, 0.3) is 5.24 Å². The van der Waals surface area contributed by atoms with Gasteiger partial charge < -0.3 is 4.74 Å². The Morgan fingerprint density at radius 3 is 2.10 bits per heavy atom. The van der Waals surface area contributed by atoms with Crippen LogP contribution in [-0.4, -0.2) is 26.6 Å². The van der Waals surface area contributed by atoms with Crippen molar-refractivity contribution < 1.29 is 9.53 Å². The number of rotatable bonds is 7. The van der Waals surface area contributed by atoms with Crippen molar-refractivity contribution in [1.82, 2.24) is 9.78 Å². The fraction of sp³-hybridized carbons (Fsp3) is 0.0606. The second-order valence-corrected chi connectivity index (χ2v) is 10.5. The van der Waals surface area contributed by atoms with Gasteiger partial charge in [-0.25, -0.2) is 4.68 Å². The van der Waals surface area contributed by atoms with Gasteiger partial charge in [0.2, 0.25) is 0 Å². The first kappa shape index (κ1) is 25.8. The minimum absolute atomic E-state index is 0.116. The van der Waals surface area contributed by atoms with Gasteiger partial charge >= 0.3 is 0 Å². The number of benzene rings is 4. The van der Waals surface area contributed by atoms with Gasteiger partial charge in [0.05, 0.1) is 34.3 Å². The predicted molar refractivity (Wildman–Crippen MR) is 168 cm³/mol. The summed E-state index contributed by atoms with van der Waals surface area (Å²) < 4.78 is 7.49. The van der Waals surface area contributed by atoms with Gasteiger partial charge in [0.1, 0.15) is 10.7 Å². The van der Waals surface area contributed by atoms with Gasteiger partial charge in [-0.15, -0.1) is 0 Å². The maximum Gasteiger partial charge on any atom is 0.296 e. The summed E-state index contributed by atoms with van der Waals surface area (Å²) in [7, 11) is 0. The normalized spacial score (nSPS) is 14.2. The molecule has 1 aliphatic heterocycles. The van der Waals surface area contributed by atoms with Crippen molar-refractivity contribution in [1.29, 1.82) is 0 Å². The van der Waals surface area contributed by atoms with Crippen molar-refractivity contribution in [2.45, 2.75) is 6.92 Å². The second kappa shape index (κ2) is 11.3. The third kappa shape index (κ3) is 5.21. The lowest BCUT2D eigenvalue weighted by atomic mass is 10.1. The third-order valence-electron chi connectivity index (χ3n) is 6.48. The fourth-order valence-electron chi connectivity index (χ4n) is 4.55. The Kier molecular flexibility index (Phi) is 7.31. The van der Waals surface area contributed by atoms with E-state index in [1.165, 1.54) is 0 Å². The van der Waals surface area contributed by atoms with Crippen LogP contribution in [0.25, 0.3) is 34.3 Å². The van der Waals surface area contributed by atoms with E-state index in [4.69, 9.17) is 22.1 Å². The van der Waals surface area contributed by atoms with E-state index >= 15 is 0 Å². The van der Waals surface area contributed by atoms with Crippen LogP contribution in [0.15, 0.2) is 120 Å². The van der Waals surface area contributed by atoms with E-state index in [0.717, 1.165) is 61.9 Å². The van der Waals surface area contributed by atoms with Crippen LogP contribution in [-0.2, 0) is 0 Å². The maximum atomic E-state index is 12.8. The molecule has 0 N–H and O–H groups in total. The zero-order chi connectivity index (χ0) is 27.5. The summed E-state index contributed by atoms with van der Waals surface area (Å²) in [5.74, 6) is 0.760. The van der Waals surface area contributed by atoms with Crippen molar-refractivity contribution in [3.05, 3.63) is 126 Å². The summed E-state index contributed by atoms with van der Waals surface area (Å²) >= 11 is 6.84. The smallest absolute Gasteiger partial charge is 0.296 e. The van der Waals surface area contributed by atoms with E-state index in [1.807, 2.05) is 103 Å². The number of carbonyl (C=O) groups excluding carboxylic acids is 1. The summed E-state index contributed by atoms with van der Waals surface area (Å²) in [4.78, 5) is 15.7. The lowest BCUT2D eigenvalue weighted by Gasteiger charge is -2.15. The molecule has 1 aliphatic rings. The Bertz CT molecular complexity index is 1690. The molecule has 1 amide bonds. The van der Waals surface area contributed by atoms with Crippen LogP contribution in [0.5, 0.6) is 5.75 Å². The second-order valence-electron chi connectivity index (χ2n) is 9.09. The van der Waals surface area contributed by atoms with E-state index in [1.54, 1.807) is 4.90 Å². The highest BCUT2D eigenvalue weighted by atomic mass is 32.2. The Balaban J connectivity index is 1.28.